The molecule has 0 unspecified atom stereocenters. The summed E-state index contributed by atoms with van der Waals surface area (Å²) in [6, 6.07) is 4.43. The van der Waals surface area contributed by atoms with Crippen LogP contribution in [-0.4, -0.2) is 0 Å². The first-order chi connectivity index (χ1) is 9.43. The predicted molar refractivity (Wildman–Crippen MR) is 90.2 cm³/mol. The van der Waals surface area contributed by atoms with Crippen LogP contribution in [0.2, 0.25) is 0 Å². The van der Waals surface area contributed by atoms with Crippen LogP contribution < -0.4 is 0 Å². The van der Waals surface area contributed by atoms with E-state index in [2.05, 4.69) is 30.7 Å². The van der Waals surface area contributed by atoms with Crippen molar-refractivity contribution in [3.05, 3.63) is 23.7 Å². The molecule has 1 heteroatoms. The number of hydrogen-bond acceptors (Lipinski definition) is 0. The summed E-state index contributed by atoms with van der Waals surface area (Å²) in [5, 5.41) is 0. The molecule has 0 fully saturated rings. The van der Waals surface area contributed by atoms with Gasteiger partial charge in [0.1, 0.15) is 0 Å². The third-order valence-corrected chi connectivity index (χ3v) is 5.88. The fraction of sp³-hybridized carbons (Fsp3) is 0.778. The minimum Gasteiger partial charge on any atom is -0.125 e. The molecule has 0 amide bonds. The Hall–Kier alpha value is -0.220. The van der Waals surface area contributed by atoms with E-state index in [1.807, 2.05) is 0 Å². The van der Waals surface area contributed by atoms with Crippen LogP contribution in [0, 0.1) is 0 Å². The van der Waals surface area contributed by atoms with E-state index in [1.165, 1.54) is 83.2 Å². The molecule has 0 radical (unpaired) electrons. The minimum absolute atomic E-state index is 0.156. The van der Waals surface area contributed by atoms with Crippen LogP contribution in [0.25, 0.3) is 0 Å². The van der Waals surface area contributed by atoms with Gasteiger partial charge in [-0.2, -0.15) is 0 Å². The molecule has 1 aromatic heterocycles. The van der Waals surface area contributed by atoms with Crippen molar-refractivity contribution in [2.24, 2.45) is 0 Å². The maximum atomic E-state index is 2.40. The van der Waals surface area contributed by atoms with E-state index in [9.17, 15) is 0 Å². The Labute approximate surface area is 122 Å². The zero-order valence-corrected chi connectivity index (χ0v) is 13.8. The maximum absolute atomic E-state index is 2.40. The molecule has 0 N–H and O–H groups in total. The molecule has 1 heterocycles. The summed E-state index contributed by atoms with van der Waals surface area (Å²) in [6.45, 7) is 2.29. The second kappa shape index (κ2) is 12.8. The zero-order chi connectivity index (χ0) is 13.6. The number of aryl methyl sites for hydroxylation is 1. The second-order valence-electron chi connectivity index (χ2n) is 5.81. The van der Waals surface area contributed by atoms with Gasteiger partial charge in [0.25, 0.3) is 0 Å². The molecule has 0 saturated carbocycles. The van der Waals surface area contributed by atoms with Crippen molar-refractivity contribution in [1.29, 1.82) is 0 Å². The Bertz CT molecular complexity index is 263. The third-order valence-electron chi connectivity index (χ3n) is 3.94. The Morgan fingerprint density at radius 1 is 0.579 bits per heavy atom. The van der Waals surface area contributed by atoms with Gasteiger partial charge in [-0.05, 0) is 24.2 Å². The highest BCUT2D eigenvalue weighted by molar-refractivity contribution is 7.47. The van der Waals surface area contributed by atoms with E-state index in [0.717, 1.165) is 0 Å². The van der Waals surface area contributed by atoms with Gasteiger partial charge in [-0.3, -0.25) is 0 Å². The van der Waals surface area contributed by atoms with Crippen LogP contribution in [0.3, 0.4) is 0 Å². The summed E-state index contributed by atoms with van der Waals surface area (Å²) >= 11 is 0. The van der Waals surface area contributed by atoms with Gasteiger partial charge >= 0.3 is 0 Å². The van der Waals surface area contributed by atoms with Crippen molar-refractivity contribution >= 4 is 7.53 Å². The van der Waals surface area contributed by atoms with E-state index in [4.69, 9.17) is 0 Å². The van der Waals surface area contributed by atoms with Gasteiger partial charge in [0.15, 0.2) is 0 Å². The van der Waals surface area contributed by atoms with Gasteiger partial charge in [-0.25, -0.2) is 0 Å². The van der Waals surface area contributed by atoms with E-state index < -0.39 is 0 Å². The molecule has 0 aliphatic carbocycles. The van der Waals surface area contributed by atoms with Crippen LogP contribution in [0.1, 0.15) is 84.0 Å². The van der Waals surface area contributed by atoms with Gasteiger partial charge in [-0.15, -0.1) is 7.53 Å². The standard InChI is InChI=1S/C18H33P/c1-2-3-4-5-6-7-8-9-10-11-12-13-16-19-17-14-15-18-19/h14-15,17-18H,2-13,16H2,1H3. The Morgan fingerprint density at radius 3 is 1.47 bits per heavy atom. The molecular weight excluding hydrogens is 247 g/mol. The normalized spacial score (nSPS) is 11.0. The van der Waals surface area contributed by atoms with Crippen molar-refractivity contribution in [3.8, 4) is 0 Å². The lowest BCUT2D eigenvalue weighted by Crippen LogP contribution is -1.82. The molecule has 0 aliphatic rings. The van der Waals surface area contributed by atoms with Gasteiger partial charge in [0, 0.05) is 0 Å². The Kier molecular flexibility index (Phi) is 11.3. The maximum Gasteiger partial charge on any atom is -0.0141 e. The summed E-state index contributed by atoms with van der Waals surface area (Å²) in [4.78, 5) is 0. The number of hydrogen-bond donors (Lipinski definition) is 0. The van der Waals surface area contributed by atoms with Crippen molar-refractivity contribution in [1.82, 2.24) is 0 Å². The average Bonchev–Trinajstić information content (AvgIpc) is 2.93. The average molecular weight is 280 g/mol. The molecule has 0 bridgehead atoms. The van der Waals surface area contributed by atoms with Crippen LogP contribution >= 0.6 is 7.53 Å². The third kappa shape index (κ3) is 10.3. The minimum atomic E-state index is 0.156. The quantitative estimate of drug-likeness (QED) is 0.331. The SMILES string of the molecule is CCCCCCCCCCCCCCp1cccc1. The van der Waals surface area contributed by atoms with Crippen LogP contribution in [0.5, 0.6) is 0 Å². The summed E-state index contributed by atoms with van der Waals surface area (Å²) in [6.07, 6.45) is 18.9. The monoisotopic (exact) mass is 280 g/mol. The van der Waals surface area contributed by atoms with Gasteiger partial charge < -0.3 is 0 Å². The molecule has 110 valence electrons. The number of rotatable bonds is 13. The summed E-state index contributed by atoms with van der Waals surface area (Å²) < 4.78 is 0. The number of unbranched alkanes of at least 4 members (excludes halogenated alkanes) is 11. The van der Waals surface area contributed by atoms with Crippen LogP contribution in [-0.2, 0) is 6.16 Å². The van der Waals surface area contributed by atoms with Crippen molar-refractivity contribution in [2.45, 2.75) is 90.1 Å². The molecule has 0 aromatic carbocycles. The molecule has 0 nitrogen and oxygen atoms in total. The van der Waals surface area contributed by atoms with Gasteiger partial charge in [-0.1, -0.05) is 89.7 Å². The summed E-state index contributed by atoms with van der Waals surface area (Å²) in [7, 11) is 0.156. The van der Waals surface area contributed by atoms with Crippen molar-refractivity contribution < 1.29 is 0 Å². The van der Waals surface area contributed by atoms with E-state index >= 15 is 0 Å². The Balaban J connectivity index is 1.72. The molecule has 1 aromatic rings. The summed E-state index contributed by atoms with van der Waals surface area (Å²) in [5.41, 5.74) is 0. The molecule has 19 heavy (non-hydrogen) atoms. The van der Waals surface area contributed by atoms with Crippen LogP contribution in [0.15, 0.2) is 23.7 Å². The van der Waals surface area contributed by atoms with E-state index in [1.54, 1.807) is 0 Å². The fourth-order valence-electron chi connectivity index (χ4n) is 2.65. The topological polar surface area (TPSA) is 0 Å². The lowest BCUT2D eigenvalue weighted by atomic mass is 10.1. The lowest BCUT2D eigenvalue weighted by molar-refractivity contribution is 0.546. The molecule has 0 spiro atoms. The first kappa shape index (κ1) is 16.8. The van der Waals surface area contributed by atoms with E-state index in [-0.39, 0.29) is 7.53 Å². The highest BCUT2D eigenvalue weighted by Gasteiger charge is 1.94. The molecule has 0 saturated heterocycles. The first-order valence-corrected chi connectivity index (χ1v) is 10.2. The Morgan fingerprint density at radius 2 is 1.00 bits per heavy atom. The first-order valence-electron chi connectivity index (χ1n) is 8.54. The molecule has 0 aliphatic heterocycles. The highest BCUT2D eigenvalue weighted by atomic mass is 31.1. The van der Waals surface area contributed by atoms with Crippen molar-refractivity contribution in [2.75, 3.05) is 0 Å². The predicted octanol–water partition coefficient (Wildman–Crippen LogP) is 7.37. The summed E-state index contributed by atoms with van der Waals surface area (Å²) in [5.74, 6) is 4.79. The second-order valence-corrected chi connectivity index (χ2v) is 7.88. The van der Waals surface area contributed by atoms with Gasteiger partial charge in [0.05, 0.1) is 0 Å². The van der Waals surface area contributed by atoms with E-state index in [0.29, 0.717) is 0 Å². The highest BCUT2D eigenvalue weighted by Crippen LogP contribution is 2.29. The van der Waals surface area contributed by atoms with Crippen molar-refractivity contribution in [3.63, 3.8) is 0 Å². The van der Waals surface area contributed by atoms with Crippen LogP contribution in [0.4, 0.5) is 0 Å². The van der Waals surface area contributed by atoms with Gasteiger partial charge in [0.2, 0.25) is 0 Å². The fourth-order valence-corrected chi connectivity index (χ4v) is 4.28. The smallest absolute Gasteiger partial charge is 0.0141 e. The lowest BCUT2D eigenvalue weighted by Gasteiger charge is -2.02. The largest absolute Gasteiger partial charge is 0.125 e. The molecular formula is C18H33P. The zero-order valence-electron chi connectivity index (χ0n) is 12.9. The molecule has 0 atom stereocenters. The molecule has 1 rings (SSSR count).